The highest BCUT2D eigenvalue weighted by Gasteiger charge is 2.25. The quantitative estimate of drug-likeness (QED) is 0.446. The first-order valence-corrected chi connectivity index (χ1v) is 12.1. The molecule has 31 heavy (non-hydrogen) atoms. The third kappa shape index (κ3) is 4.21. The van der Waals surface area contributed by atoms with E-state index in [1.54, 1.807) is 11.3 Å². The van der Waals surface area contributed by atoms with E-state index in [1.807, 2.05) is 29.2 Å². The molecule has 5 rings (SSSR count). The van der Waals surface area contributed by atoms with E-state index >= 15 is 0 Å². The number of hydrogen-bond acceptors (Lipinski definition) is 7. The Morgan fingerprint density at radius 1 is 1.03 bits per heavy atom. The molecule has 2 aromatic heterocycles. The number of carbonyl (C=O) groups excluding carboxylic acids is 1. The molecule has 0 saturated carbocycles. The second-order valence-electron chi connectivity index (χ2n) is 7.80. The van der Waals surface area contributed by atoms with Crippen LogP contribution in [0.3, 0.4) is 0 Å². The Hall–Kier alpha value is -2.39. The predicted molar refractivity (Wildman–Crippen MR) is 128 cm³/mol. The number of aromatic nitrogens is 2. The Morgan fingerprint density at radius 2 is 1.81 bits per heavy atom. The Bertz CT molecular complexity index is 1170. The van der Waals surface area contributed by atoms with Crippen molar-refractivity contribution >= 4 is 54.1 Å². The lowest BCUT2D eigenvalue weighted by molar-refractivity contribution is 0.0391. The van der Waals surface area contributed by atoms with Crippen molar-refractivity contribution in [1.82, 2.24) is 14.9 Å². The number of nitrogens with zero attached hydrogens (tertiary/aromatic N) is 4. The van der Waals surface area contributed by atoms with Gasteiger partial charge in [0, 0.05) is 26.2 Å². The topological polar surface area (TPSA) is 58.6 Å². The van der Waals surface area contributed by atoms with Crippen LogP contribution in [0.2, 0.25) is 0 Å². The molecule has 0 unspecified atom stereocenters. The number of aryl methyl sites for hydroxylation is 2. The first-order valence-electron chi connectivity index (χ1n) is 10.4. The molecule has 3 heterocycles. The Kier molecular flexibility index (Phi) is 5.71. The second kappa shape index (κ2) is 8.63. The van der Waals surface area contributed by atoms with E-state index in [-0.39, 0.29) is 5.91 Å². The Morgan fingerprint density at radius 3 is 2.61 bits per heavy atom. The molecule has 4 aromatic rings. The van der Waals surface area contributed by atoms with Gasteiger partial charge in [-0.25, -0.2) is 9.97 Å². The van der Waals surface area contributed by atoms with Gasteiger partial charge in [-0.3, -0.25) is 14.6 Å². The van der Waals surface area contributed by atoms with E-state index in [0.717, 1.165) is 58.4 Å². The van der Waals surface area contributed by atoms with Gasteiger partial charge in [-0.05, 0) is 49.2 Å². The summed E-state index contributed by atoms with van der Waals surface area (Å²) in [4.78, 5) is 27.2. The molecule has 1 aliphatic heterocycles. The summed E-state index contributed by atoms with van der Waals surface area (Å²) in [5.74, 6) is -0.0815. The van der Waals surface area contributed by atoms with Crippen LogP contribution in [-0.4, -0.2) is 60.2 Å². The molecular weight excluding hydrogens is 428 g/mol. The minimum Gasteiger partial charge on any atom is -0.379 e. The van der Waals surface area contributed by atoms with E-state index in [0.29, 0.717) is 11.6 Å². The summed E-state index contributed by atoms with van der Waals surface area (Å²) in [6.07, 6.45) is 0. The van der Waals surface area contributed by atoms with Gasteiger partial charge in [0.25, 0.3) is 5.91 Å². The molecule has 6 nitrogen and oxygen atoms in total. The predicted octanol–water partition coefficient (Wildman–Crippen LogP) is 4.50. The van der Waals surface area contributed by atoms with Crippen LogP contribution in [0.4, 0.5) is 5.13 Å². The van der Waals surface area contributed by atoms with Crippen LogP contribution in [0.15, 0.2) is 36.4 Å². The molecule has 0 bridgehead atoms. The van der Waals surface area contributed by atoms with Gasteiger partial charge >= 0.3 is 0 Å². The first-order chi connectivity index (χ1) is 15.1. The van der Waals surface area contributed by atoms with E-state index in [2.05, 4.69) is 35.9 Å². The average molecular weight is 453 g/mol. The zero-order valence-electron chi connectivity index (χ0n) is 17.6. The van der Waals surface area contributed by atoms with Gasteiger partial charge in [0.2, 0.25) is 0 Å². The minimum absolute atomic E-state index is 0.0815. The van der Waals surface area contributed by atoms with E-state index in [1.165, 1.54) is 22.5 Å². The van der Waals surface area contributed by atoms with Crippen LogP contribution in [0.5, 0.6) is 0 Å². The molecule has 2 aromatic carbocycles. The van der Waals surface area contributed by atoms with Crippen molar-refractivity contribution in [3.63, 3.8) is 0 Å². The van der Waals surface area contributed by atoms with Crippen LogP contribution >= 0.6 is 22.7 Å². The SMILES string of the molecule is Cc1cc2nc(N(CCN3CCOCC3)C(=O)c3nc4ccccc4s3)sc2cc1C. The highest BCUT2D eigenvalue weighted by molar-refractivity contribution is 7.23. The van der Waals surface area contributed by atoms with Crippen molar-refractivity contribution in [3.8, 4) is 0 Å². The van der Waals surface area contributed by atoms with Crippen LogP contribution in [0.1, 0.15) is 20.9 Å². The number of morpholine rings is 1. The van der Waals surface area contributed by atoms with Gasteiger partial charge in [-0.2, -0.15) is 0 Å². The molecular formula is C23H24N4O2S2. The molecule has 1 saturated heterocycles. The maximum atomic E-state index is 13.6. The number of amides is 1. The monoisotopic (exact) mass is 452 g/mol. The number of rotatable bonds is 5. The molecule has 0 N–H and O–H groups in total. The molecule has 8 heteroatoms. The third-order valence-electron chi connectivity index (χ3n) is 5.69. The molecule has 0 spiro atoms. The second-order valence-corrected chi connectivity index (χ2v) is 9.84. The lowest BCUT2D eigenvalue weighted by Gasteiger charge is -2.28. The van der Waals surface area contributed by atoms with E-state index < -0.39 is 0 Å². The van der Waals surface area contributed by atoms with Crippen molar-refractivity contribution in [2.24, 2.45) is 0 Å². The maximum absolute atomic E-state index is 13.6. The van der Waals surface area contributed by atoms with Gasteiger partial charge in [0.15, 0.2) is 10.1 Å². The number of hydrogen-bond donors (Lipinski definition) is 0. The number of thiazole rings is 2. The molecule has 1 aliphatic rings. The summed E-state index contributed by atoms with van der Waals surface area (Å²) in [7, 11) is 0. The summed E-state index contributed by atoms with van der Waals surface area (Å²) in [5, 5.41) is 1.24. The smallest absolute Gasteiger partial charge is 0.289 e. The Balaban J connectivity index is 1.49. The van der Waals surface area contributed by atoms with Crippen molar-refractivity contribution in [3.05, 3.63) is 52.5 Å². The fourth-order valence-electron chi connectivity index (χ4n) is 3.71. The van der Waals surface area contributed by atoms with Crippen molar-refractivity contribution in [1.29, 1.82) is 0 Å². The van der Waals surface area contributed by atoms with Crippen LogP contribution < -0.4 is 4.90 Å². The number of ether oxygens (including phenoxy) is 1. The van der Waals surface area contributed by atoms with Crippen molar-refractivity contribution in [2.75, 3.05) is 44.3 Å². The molecule has 0 atom stereocenters. The summed E-state index contributed by atoms with van der Waals surface area (Å²) in [6, 6.07) is 12.1. The standard InChI is InChI=1S/C23H24N4O2S2/c1-15-13-18-20(14-16(15)2)31-23(25-18)27(8-7-26-9-11-29-12-10-26)22(28)21-24-17-5-3-4-6-19(17)30-21/h3-6,13-14H,7-12H2,1-2H3. The minimum atomic E-state index is -0.0815. The zero-order chi connectivity index (χ0) is 21.4. The maximum Gasteiger partial charge on any atom is 0.289 e. The summed E-state index contributed by atoms with van der Waals surface area (Å²) in [6.45, 7) is 8.83. The number of para-hydroxylation sites is 1. The lowest BCUT2D eigenvalue weighted by Crippen LogP contribution is -2.43. The van der Waals surface area contributed by atoms with Crippen LogP contribution in [-0.2, 0) is 4.74 Å². The highest BCUT2D eigenvalue weighted by atomic mass is 32.1. The molecule has 0 radical (unpaired) electrons. The normalized spacial score (nSPS) is 15.0. The largest absolute Gasteiger partial charge is 0.379 e. The summed E-state index contributed by atoms with van der Waals surface area (Å²) < 4.78 is 7.59. The molecule has 1 fully saturated rings. The fourth-order valence-corrected chi connectivity index (χ4v) is 5.70. The molecule has 160 valence electrons. The van der Waals surface area contributed by atoms with Gasteiger partial charge in [0.1, 0.15) is 0 Å². The number of anilines is 1. The van der Waals surface area contributed by atoms with E-state index in [4.69, 9.17) is 9.72 Å². The van der Waals surface area contributed by atoms with Gasteiger partial charge in [-0.15, -0.1) is 11.3 Å². The van der Waals surface area contributed by atoms with Crippen LogP contribution in [0.25, 0.3) is 20.4 Å². The van der Waals surface area contributed by atoms with Gasteiger partial charge < -0.3 is 4.74 Å². The number of benzene rings is 2. The van der Waals surface area contributed by atoms with Crippen molar-refractivity contribution in [2.45, 2.75) is 13.8 Å². The molecule has 1 amide bonds. The average Bonchev–Trinajstić information content (AvgIpc) is 3.39. The number of fused-ring (bicyclic) bond motifs is 2. The summed E-state index contributed by atoms with van der Waals surface area (Å²) >= 11 is 3.01. The van der Waals surface area contributed by atoms with Gasteiger partial charge in [-0.1, -0.05) is 23.5 Å². The first kappa shape index (κ1) is 20.5. The highest BCUT2D eigenvalue weighted by Crippen LogP contribution is 2.32. The Labute approximate surface area is 189 Å². The third-order valence-corrected chi connectivity index (χ3v) is 7.75. The zero-order valence-corrected chi connectivity index (χ0v) is 19.3. The van der Waals surface area contributed by atoms with Gasteiger partial charge in [0.05, 0.1) is 33.6 Å². The molecule has 0 aliphatic carbocycles. The van der Waals surface area contributed by atoms with Crippen LogP contribution in [0, 0.1) is 13.8 Å². The lowest BCUT2D eigenvalue weighted by atomic mass is 10.1. The fraction of sp³-hybridized carbons (Fsp3) is 0.348. The summed E-state index contributed by atoms with van der Waals surface area (Å²) in [5.41, 5.74) is 4.25. The number of carbonyl (C=O) groups is 1. The van der Waals surface area contributed by atoms with Crippen molar-refractivity contribution < 1.29 is 9.53 Å². The van der Waals surface area contributed by atoms with E-state index in [9.17, 15) is 4.79 Å².